The zero-order valence-electron chi connectivity index (χ0n) is 18.3. The molecule has 160 valence electrons. The topological polar surface area (TPSA) is 43.9 Å². The fourth-order valence-electron chi connectivity index (χ4n) is 7.07. The molecule has 2 unspecified atom stereocenters. The molecule has 5 heterocycles. The average molecular weight is 416 g/mol. The Morgan fingerprint density at radius 1 is 0.871 bits per heavy atom. The van der Waals surface area contributed by atoms with E-state index in [9.17, 15) is 9.59 Å². The molecule has 0 saturated carbocycles. The molecule has 2 aromatic rings. The molecule has 2 atom stereocenters. The summed E-state index contributed by atoms with van der Waals surface area (Å²) >= 11 is 0. The van der Waals surface area contributed by atoms with E-state index >= 15 is 0 Å². The lowest BCUT2D eigenvalue weighted by Crippen LogP contribution is -2.83. The van der Waals surface area contributed by atoms with Crippen LogP contribution in [0.25, 0.3) is 0 Å². The summed E-state index contributed by atoms with van der Waals surface area (Å²) in [4.78, 5) is 34.4. The Morgan fingerprint density at radius 2 is 1.52 bits per heavy atom. The third-order valence-corrected chi connectivity index (χ3v) is 8.04. The van der Waals surface area contributed by atoms with Crippen molar-refractivity contribution in [1.82, 2.24) is 9.80 Å². The fraction of sp³-hybridized carbons (Fsp3) is 0.462. The van der Waals surface area contributed by atoms with E-state index in [0.717, 1.165) is 29.7 Å². The number of anilines is 1. The number of para-hydroxylation sites is 1. The maximum Gasteiger partial charge on any atom is 0.267 e. The summed E-state index contributed by atoms with van der Waals surface area (Å²) in [5.41, 5.74) is 1.71. The summed E-state index contributed by atoms with van der Waals surface area (Å²) in [6, 6.07) is 18.5. The van der Waals surface area contributed by atoms with Crippen LogP contribution in [-0.4, -0.2) is 47.7 Å². The Morgan fingerprint density at radius 3 is 2.19 bits per heavy atom. The second-order valence-corrected chi connectivity index (χ2v) is 10.2. The van der Waals surface area contributed by atoms with E-state index in [1.54, 1.807) is 0 Å². The number of amides is 1. The maximum atomic E-state index is 14.3. The van der Waals surface area contributed by atoms with Gasteiger partial charge in [0.25, 0.3) is 5.91 Å². The Labute approximate surface area is 183 Å². The summed E-state index contributed by atoms with van der Waals surface area (Å²) in [7, 11) is 0. The van der Waals surface area contributed by atoms with Crippen molar-refractivity contribution in [1.29, 1.82) is 0 Å². The van der Waals surface area contributed by atoms with Gasteiger partial charge in [-0.2, -0.15) is 0 Å². The lowest BCUT2D eigenvalue weighted by atomic mass is 9.58. The van der Waals surface area contributed by atoms with Crippen molar-refractivity contribution in [2.45, 2.75) is 38.9 Å². The number of carbonyl (C=O) groups is 2. The molecule has 4 bridgehead atoms. The molecule has 5 nitrogen and oxygen atoms in total. The molecule has 0 aliphatic carbocycles. The van der Waals surface area contributed by atoms with Gasteiger partial charge in [0.05, 0.1) is 23.1 Å². The third-order valence-electron chi connectivity index (χ3n) is 8.04. The van der Waals surface area contributed by atoms with Crippen LogP contribution in [0.3, 0.4) is 0 Å². The lowest BCUT2D eigenvalue weighted by Gasteiger charge is -2.68. The zero-order valence-corrected chi connectivity index (χ0v) is 18.3. The van der Waals surface area contributed by atoms with Crippen LogP contribution in [0.2, 0.25) is 0 Å². The van der Waals surface area contributed by atoms with Crippen molar-refractivity contribution >= 4 is 17.4 Å². The molecule has 0 aromatic heterocycles. The summed E-state index contributed by atoms with van der Waals surface area (Å²) in [6.45, 7) is 7.52. The van der Waals surface area contributed by atoms with Crippen molar-refractivity contribution in [3.8, 4) is 0 Å². The first kappa shape index (κ1) is 19.2. The molecular formula is C26H29N3O2. The van der Waals surface area contributed by atoms with E-state index in [-0.39, 0.29) is 16.7 Å². The van der Waals surface area contributed by atoms with Gasteiger partial charge in [-0.1, -0.05) is 68.8 Å². The molecule has 0 N–H and O–H groups in total. The second kappa shape index (κ2) is 6.27. The highest BCUT2D eigenvalue weighted by Gasteiger charge is 2.72. The number of Topliss-reactive ketones (excluding diaryl/α,β-unsaturated/α-hetero) is 1. The summed E-state index contributed by atoms with van der Waals surface area (Å²) < 4.78 is 0. The minimum atomic E-state index is -0.775. The average Bonchev–Trinajstić information content (AvgIpc) is 2.99. The Balaban J connectivity index is 1.48. The summed E-state index contributed by atoms with van der Waals surface area (Å²) in [5, 5.41) is 0. The lowest BCUT2D eigenvalue weighted by molar-refractivity contribution is -0.231. The van der Waals surface area contributed by atoms with Gasteiger partial charge in [0.2, 0.25) is 0 Å². The largest absolute Gasteiger partial charge is 0.304 e. The van der Waals surface area contributed by atoms with Crippen molar-refractivity contribution in [3.63, 3.8) is 0 Å². The van der Waals surface area contributed by atoms with Gasteiger partial charge < -0.3 is 4.90 Å². The van der Waals surface area contributed by atoms with E-state index in [4.69, 9.17) is 0 Å². The molecule has 1 amide bonds. The van der Waals surface area contributed by atoms with Gasteiger partial charge in [-0.15, -0.1) is 0 Å². The number of nitrogens with zero attached hydrogens (tertiary/aromatic N) is 3. The first-order chi connectivity index (χ1) is 14.9. The fourth-order valence-corrected chi connectivity index (χ4v) is 7.07. The SMILES string of the molecule is CCCC12CN3CC(C)(CN(C1)C31C(=O)N(Cc3ccccc3)c3ccccc31)C2=O. The number of hydrogen-bond donors (Lipinski definition) is 0. The minimum Gasteiger partial charge on any atom is -0.304 e. The molecule has 7 rings (SSSR count). The molecule has 5 aliphatic heterocycles. The highest BCUT2D eigenvalue weighted by atomic mass is 16.2. The van der Waals surface area contributed by atoms with Crippen LogP contribution in [0.4, 0.5) is 5.69 Å². The van der Waals surface area contributed by atoms with Crippen LogP contribution in [0, 0.1) is 10.8 Å². The molecule has 4 saturated heterocycles. The quantitative estimate of drug-likeness (QED) is 0.768. The van der Waals surface area contributed by atoms with Gasteiger partial charge >= 0.3 is 0 Å². The van der Waals surface area contributed by atoms with Crippen LogP contribution in [0.1, 0.15) is 37.8 Å². The summed E-state index contributed by atoms with van der Waals surface area (Å²) in [6.07, 6.45) is 1.88. The smallest absolute Gasteiger partial charge is 0.267 e. The van der Waals surface area contributed by atoms with Crippen LogP contribution >= 0.6 is 0 Å². The predicted molar refractivity (Wildman–Crippen MR) is 119 cm³/mol. The van der Waals surface area contributed by atoms with Gasteiger partial charge in [0.15, 0.2) is 5.66 Å². The molecule has 1 spiro atoms. The van der Waals surface area contributed by atoms with Crippen molar-refractivity contribution < 1.29 is 9.59 Å². The van der Waals surface area contributed by atoms with E-state index < -0.39 is 5.66 Å². The minimum absolute atomic E-state index is 0.138. The van der Waals surface area contributed by atoms with Crippen molar-refractivity contribution in [2.24, 2.45) is 10.8 Å². The molecule has 2 aromatic carbocycles. The second-order valence-electron chi connectivity index (χ2n) is 10.2. The van der Waals surface area contributed by atoms with Gasteiger partial charge in [-0.3, -0.25) is 19.4 Å². The maximum absolute atomic E-state index is 14.3. The Hall–Kier alpha value is -2.50. The monoisotopic (exact) mass is 415 g/mol. The van der Waals surface area contributed by atoms with Crippen LogP contribution in [0.5, 0.6) is 0 Å². The Bertz CT molecular complexity index is 1060. The first-order valence-corrected chi connectivity index (χ1v) is 11.5. The summed E-state index contributed by atoms with van der Waals surface area (Å²) in [5.74, 6) is 0.558. The van der Waals surface area contributed by atoms with E-state index in [2.05, 4.69) is 47.9 Å². The normalized spacial score (nSPS) is 37.7. The number of rotatable bonds is 4. The van der Waals surface area contributed by atoms with Gasteiger partial charge in [0, 0.05) is 31.7 Å². The molecule has 31 heavy (non-hydrogen) atoms. The number of piperidine rings is 2. The number of fused-ring (bicyclic) bond motifs is 1. The number of benzene rings is 2. The third kappa shape index (κ3) is 2.28. The van der Waals surface area contributed by atoms with E-state index in [1.165, 1.54) is 0 Å². The Kier molecular flexibility index (Phi) is 3.88. The number of hydrogen-bond acceptors (Lipinski definition) is 4. The highest BCUT2D eigenvalue weighted by Crippen LogP contribution is 2.59. The molecule has 0 radical (unpaired) electrons. The standard InChI is InChI=1S/C26H29N3O2/c1-3-13-25-17-27-15-24(2,22(25)30)16-28(18-25)26(27)20-11-7-8-12-21(20)29(23(26)31)14-19-9-5-4-6-10-19/h4-12H,3,13-18H2,1-2H3. The van der Waals surface area contributed by atoms with Crippen molar-refractivity contribution in [3.05, 3.63) is 65.7 Å². The number of ketones is 1. The molecule has 5 aliphatic rings. The van der Waals surface area contributed by atoms with Gasteiger partial charge in [0.1, 0.15) is 5.78 Å². The van der Waals surface area contributed by atoms with Crippen LogP contribution < -0.4 is 4.90 Å². The van der Waals surface area contributed by atoms with Crippen LogP contribution in [-0.2, 0) is 21.8 Å². The van der Waals surface area contributed by atoms with Gasteiger partial charge in [-0.05, 0) is 18.1 Å². The predicted octanol–water partition coefficient (Wildman–Crippen LogP) is 3.39. The van der Waals surface area contributed by atoms with Gasteiger partial charge in [-0.25, -0.2) is 0 Å². The van der Waals surface area contributed by atoms with Crippen LogP contribution in [0.15, 0.2) is 54.6 Å². The zero-order chi connectivity index (χ0) is 21.4. The molecular weight excluding hydrogens is 386 g/mol. The number of carbonyl (C=O) groups excluding carboxylic acids is 2. The highest BCUT2D eigenvalue weighted by molar-refractivity contribution is 6.08. The van der Waals surface area contributed by atoms with Crippen molar-refractivity contribution in [2.75, 3.05) is 31.1 Å². The molecule has 5 heteroatoms. The molecule has 4 fully saturated rings. The first-order valence-electron chi connectivity index (χ1n) is 11.5. The van der Waals surface area contributed by atoms with E-state index in [0.29, 0.717) is 38.5 Å². The van der Waals surface area contributed by atoms with E-state index in [1.807, 2.05) is 35.2 Å².